The number of carbonyl (C=O) groups is 1. The van der Waals surface area contributed by atoms with Crippen molar-refractivity contribution in [2.24, 2.45) is 0 Å². The van der Waals surface area contributed by atoms with Gasteiger partial charge in [0.1, 0.15) is 0 Å². The Morgan fingerprint density at radius 3 is 1.45 bits per heavy atom. The molecule has 4 N–H and O–H groups in total. The largest absolute Gasteiger partial charge is 0.477 e. The van der Waals surface area contributed by atoms with E-state index in [2.05, 4.69) is 15.3 Å². The molecular formula is C8H12F7NO6. The lowest BCUT2D eigenvalue weighted by Crippen LogP contribution is -2.56. The SMILES string of the molecule is O=C(O)C(F)(F)C(F)(F)C(F)(F)F.OCCONOCCO. The Kier molecular flexibility index (Phi) is 10.2. The molecule has 0 fully saturated rings. The zero-order valence-electron chi connectivity index (χ0n) is 10.5. The topological polar surface area (TPSA) is 108 Å². The van der Waals surface area contributed by atoms with E-state index >= 15 is 0 Å². The van der Waals surface area contributed by atoms with Crippen LogP contribution in [0.1, 0.15) is 0 Å². The smallest absolute Gasteiger partial charge is 0.460 e. The monoisotopic (exact) mass is 351 g/mol. The van der Waals surface area contributed by atoms with Gasteiger partial charge in [0, 0.05) is 0 Å². The summed E-state index contributed by atoms with van der Waals surface area (Å²) in [6, 6.07) is 0. The number of nitrogens with one attached hydrogen (secondary N) is 1. The standard InChI is InChI=1S/C4HF7O2.C4H11NO4/c5-2(6,1(12)13)3(7,8)4(9,10)11;6-1-3-8-5-9-4-2-7/h(H,12,13);5-7H,1-4H2. The predicted molar refractivity (Wildman–Crippen MR) is 52.8 cm³/mol. The first-order valence-electron chi connectivity index (χ1n) is 5.12. The van der Waals surface area contributed by atoms with E-state index in [1.54, 1.807) is 0 Å². The Hall–Kier alpha value is -1.22. The molecule has 0 rings (SSSR count). The highest BCUT2D eigenvalue weighted by molar-refractivity contribution is 5.76. The molecule has 14 heteroatoms. The summed E-state index contributed by atoms with van der Waals surface area (Å²) in [6.45, 7) is 0.224. The number of carboxylic acids is 1. The summed E-state index contributed by atoms with van der Waals surface area (Å²) < 4.78 is 80.5. The van der Waals surface area contributed by atoms with Gasteiger partial charge in [-0.15, -0.1) is 0 Å². The number of alkyl halides is 7. The van der Waals surface area contributed by atoms with Crippen molar-refractivity contribution >= 4 is 5.97 Å². The molecule has 0 atom stereocenters. The summed E-state index contributed by atoms with van der Waals surface area (Å²) in [5.74, 6) is -16.3. The lowest BCUT2D eigenvalue weighted by molar-refractivity contribution is -0.347. The quantitative estimate of drug-likeness (QED) is 0.283. The molecule has 0 aliphatic rings. The Labute approximate surface area is 118 Å². The first-order chi connectivity index (χ1) is 9.86. The highest BCUT2D eigenvalue weighted by Gasteiger charge is 2.76. The van der Waals surface area contributed by atoms with Crippen molar-refractivity contribution in [1.29, 1.82) is 0 Å². The van der Waals surface area contributed by atoms with Crippen LogP contribution in [0.5, 0.6) is 0 Å². The molecule has 0 saturated carbocycles. The normalized spacial score (nSPS) is 12.6. The third kappa shape index (κ3) is 7.17. The average Bonchev–Trinajstić information content (AvgIpc) is 2.37. The van der Waals surface area contributed by atoms with E-state index in [0.717, 1.165) is 0 Å². The molecule has 0 aromatic carbocycles. The minimum absolute atomic E-state index is 0.0600. The number of aliphatic hydroxyl groups excluding tert-OH is 2. The molecule has 0 amide bonds. The van der Waals surface area contributed by atoms with Crippen LogP contribution >= 0.6 is 0 Å². The van der Waals surface area contributed by atoms with Gasteiger partial charge in [-0.25, -0.2) is 4.79 Å². The zero-order chi connectivity index (χ0) is 18.0. The molecular weight excluding hydrogens is 339 g/mol. The van der Waals surface area contributed by atoms with E-state index in [-0.39, 0.29) is 26.4 Å². The van der Waals surface area contributed by atoms with Crippen LogP contribution in [0.15, 0.2) is 0 Å². The van der Waals surface area contributed by atoms with Crippen molar-refractivity contribution < 1.29 is 60.5 Å². The van der Waals surface area contributed by atoms with Gasteiger partial charge < -0.3 is 15.3 Å². The minimum atomic E-state index is -6.60. The summed E-state index contributed by atoms with van der Waals surface area (Å²) >= 11 is 0. The Bertz CT molecular complexity index is 319. The van der Waals surface area contributed by atoms with Crippen molar-refractivity contribution in [2.45, 2.75) is 18.0 Å². The van der Waals surface area contributed by atoms with E-state index in [1.807, 2.05) is 0 Å². The molecule has 22 heavy (non-hydrogen) atoms. The summed E-state index contributed by atoms with van der Waals surface area (Å²) in [5, 5.41) is 23.7. The molecule has 0 radical (unpaired) electrons. The number of carboxylic acid groups (broad SMARTS) is 1. The van der Waals surface area contributed by atoms with Gasteiger partial charge in [-0.05, 0) is 0 Å². The second-order valence-electron chi connectivity index (χ2n) is 3.18. The average molecular weight is 351 g/mol. The molecule has 0 saturated heterocycles. The molecule has 0 aliphatic carbocycles. The summed E-state index contributed by atoms with van der Waals surface area (Å²) in [7, 11) is 0. The maximum Gasteiger partial charge on any atom is 0.460 e. The number of halogens is 7. The predicted octanol–water partition coefficient (Wildman–Crippen LogP) is 0.328. The van der Waals surface area contributed by atoms with Crippen molar-refractivity contribution in [2.75, 3.05) is 26.4 Å². The molecule has 0 spiro atoms. The van der Waals surface area contributed by atoms with Gasteiger partial charge in [0.05, 0.1) is 26.4 Å². The first-order valence-corrected chi connectivity index (χ1v) is 5.12. The first kappa shape index (κ1) is 23.1. The Balaban J connectivity index is 0. The Morgan fingerprint density at radius 1 is 0.909 bits per heavy atom. The lowest BCUT2D eigenvalue weighted by Gasteiger charge is -2.24. The van der Waals surface area contributed by atoms with E-state index in [0.29, 0.717) is 0 Å². The van der Waals surface area contributed by atoms with Gasteiger partial charge in [-0.1, -0.05) is 5.64 Å². The molecule has 134 valence electrons. The van der Waals surface area contributed by atoms with Gasteiger partial charge in [-0.3, -0.25) is 9.68 Å². The van der Waals surface area contributed by atoms with E-state index in [4.69, 9.17) is 15.3 Å². The molecule has 0 aromatic rings. The third-order valence-corrected chi connectivity index (χ3v) is 1.52. The van der Waals surface area contributed by atoms with Crippen LogP contribution in [0.3, 0.4) is 0 Å². The van der Waals surface area contributed by atoms with Crippen LogP contribution in [0.2, 0.25) is 0 Å². The highest BCUT2D eigenvalue weighted by Crippen LogP contribution is 2.46. The maximum atomic E-state index is 11.8. The molecule has 7 nitrogen and oxygen atoms in total. The van der Waals surface area contributed by atoms with Crippen LogP contribution in [-0.2, 0) is 14.5 Å². The Morgan fingerprint density at radius 2 is 1.27 bits per heavy atom. The minimum Gasteiger partial charge on any atom is -0.477 e. The van der Waals surface area contributed by atoms with Gasteiger partial charge >= 0.3 is 24.0 Å². The summed E-state index contributed by atoms with van der Waals surface area (Å²) in [6.07, 6.45) is -6.60. The maximum absolute atomic E-state index is 11.8. The third-order valence-electron chi connectivity index (χ3n) is 1.52. The number of rotatable bonds is 8. The van der Waals surface area contributed by atoms with E-state index in [1.165, 1.54) is 0 Å². The van der Waals surface area contributed by atoms with E-state index in [9.17, 15) is 35.5 Å². The van der Waals surface area contributed by atoms with Crippen LogP contribution in [-0.4, -0.2) is 65.7 Å². The number of aliphatic carboxylic acids is 1. The van der Waals surface area contributed by atoms with Crippen LogP contribution in [0.25, 0.3) is 0 Å². The summed E-state index contributed by atoms with van der Waals surface area (Å²) in [5.41, 5.74) is 2.07. The lowest BCUT2D eigenvalue weighted by atomic mass is 10.1. The second-order valence-corrected chi connectivity index (χ2v) is 3.18. The molecule has 0 unspecified atom stereocenters. The van der Waals surface area contributed by atoms with Gasteiger partial charge in [-0.2, -0.15) is 30.7 Å². The molecule has 0 heterocycles. The van der Waals surface area contributed by atoms with Gasteiger partial charge in [0.2, 0.25) is 0 Å². The fourth-order valence-corrected chi connectivity index (χ4v) is 0.529. The van der Waals surface area contributed by atoms with Crippen LogP contribution in [0, 0.1) is 0 Å². The van der Waals surface area contributed by atoms with Crippen LogP contribution < -0.4 is 5.64 Å². The fourth-order valence-electron chi connectivity index (χ4n) is 0.529. The van der Waals surface area contributed by atoms with E-state index < -0.39 is 24.0 Å². The molecule has 0 aromatic heterocycles. The summed E-state index contributed by atoms with van der Waals surface area (Å²) in [4.78, 5) is 18.3. The highest BCUT2D eigenvalue weighted by atomic mass is 19.4. The number of aliphatic hydroxyl groups is 2. The van der Waals surface area contributed by atoms with Crippen molar-refractivity contribution in [3.05, 3.63) is 0 Å². The van der Waals surface area contributed by atoms with Gasteiger partial charge in [0.25, 0.3) is 0 Å². The fraction of sp³-hybridized carbons (Fsp3) is 0.875. The van der Waals surface area contributed by atoms with Crippen molar-refractivity contribution in [1.82, 2.24) is 5.64 Å². The molecule has 0 aliphatic heterocycles. The second kappa shape index (κ2) is 9.73. The molecule has 0 bridgehead atoms. The number of hydrogen-bond acceptors (Lipinski definition) is 6. The van der Waals surface area contributed by atoms with Crippen molar-refractivity contribution in [3.8, 4) is 0 Å². The number of hydrogen-bond donors (Lipinski definition) is 4. The van der Waals surface area contributed by atoms with Crippen LogP contribution in [0.4, 0.5) is 30.7 Å². The van der Waals surface area contributed by atoms with Crippen molar-refractivity contribution in [3.63, 3.8) is 0 Å². The van der Waals surface area contributed by atoms with Gasteiger partial charge in [0.15, 0.2) is 0 Å². The zero-order valence-corrected chi connectivity index (χ0v) is 10.5.